The van der Waals surface area contributed by atoms with Crippen LogP contribution in [-0.2, 0) is 0 Å². The maximum atomic E-state index is 14.1. The van der Waals surface area contributed by atoms with Crippen LogP contribution in [0.5, 0.6) is 0 Å². The van der Waals surface area contributed by atoms with E-state index in [-0.39, 0.29) is 5.56 Å². The summed E-state index contributed by atoms with van der Waals surface area (Å²) in [5, 5.41) is 3.17. The van der Waals surface area contributed by atoms with E-state index in [0.717, 1.165) is 25.6 Å². The summed E-state index contributed by atoms with van der Waals surface area (Å²) >= 11 is 8.23. The van der Waals surface area contributed by atoms with Crippen LogP contribution in [0.2, 0.25) is 0 Å². The maximum Gasteiger partial charge on any atom is 0.194 e. The van der Waals surface area contributed by atoms with Gasteiger partial charge in [-0.2, -0.15) is 0 Å². The highest BCUT2D eigenvalue weighted by Gasteiger charge is 2.24. The number of halogens is 5. The molecule has 1 atom stereocenters. The molecule has 0 spiro atoms. The number of benzene rings is 1. The number of hydrogen-bond acceptors (Lipinski definition) is 2. The lowest BCUT2D eigenvalue weighted by Gasteiger charge is -2.20. The Morgan fingerprint density at radius 3 is 2.43 bits per heavy atom. The minimum Gasteiger partial charge on any atom is -0.306 e. The van der Waals surface area contributed by atoms with Gasteiger partial charge in [0.15, 0.2) is 17.5 Å². The summed E-state index contributed by atoms with van der Waals surface area (Å²) < 4.78 is 42.4. The van der Waals surface area contributed by atoms with Crippen LogP contribution in [0, 0.1) is 17.5 Å². The Morgan fingerprint density at radius 2 is 1.86 bits per heavy atom. The largest absolute Gasteiger partial charge is 0.306 e. The van der Waals surface area contributed by atoms with E-state index >= 15 is 0 Å². The van der Waals surface area contributed by atoms with Crippen molar-refractivity contribution < 1.29 is 13.2 Å². The van der Waals surface area contributed by atoms with Crippen LogP contribution in [0.4, 0.5) is 13.2 Å². The molecule has 0 aliphatic heterocycles. The van der Waals surface area contributed by atoms with Crippen LogP contribution in [0.15, 0.2) is 25.8 Å². The maximum absolute atomic E-state index is 14.1. The molecule has 1 aromatic heterocycles. The fourth-order valence-corrected chi connectivity index (χ4v) is 4.89. The molecule has 1 nitrogen and oxygen atoms in total. The molecule has 0 saturated carbocycles. The Hall–Kier alpha value is -0.370. The SMILES string of the molecule is CCCNC(c1cc(Br)sc1Br)c1ccc(F)c(F)c1F. The number of rotatable bonds is 5. The summed E-state index contributed by atoms with van der Waals surface area (Å²) in [7, 11) is 0. The van der Waals surface area contributed by atoms with Gasteiger partial charge < -0.3 is 5.32 Å². The summed E-state index contributed by atoms with van der Waals surface area (Å²) in [5.74, 6) is -3.78. The highest BCUT2D eigenvalue weighted by Crippen LogP contribution is 2.38. The molecule has 1 unspecified atom stereocenters. The molecule has 0 radical (unpaired) electrons. The lowest BCUT2D eigenvalue weighted by atomic mass is 10.00. The van der Waals surface area contributed by atoms with Crippen molar-refractivity contribution in [3.8, 4) is 0 Å². The first-order chi connectivity index (χ1) is 9.95. The van der Waals surface area contributed by atoms with Crippen molar-refractivity contribution in [1.82, 2.24) is 5.32 Å². The number of thiophene rings is 1. The first kappa shape index (κ1) is 17.0. The zero-order valence-corrected chi connectivity index (χ0v) is 15.0. The smallest absolute Gasteiger partial charge is 0.194 e. The third-order valence-electron chi connectivity index (χ3n) is 2.97. The molecular formula is C14H12Br2F3NS. The molecule has 21 heavy (non-hydrogen) atoms. The van der Waals surface area contributed by atoms with E-state index in [0.29, 0.717) is 6.54 Å². The summed E-state index contributed by atoms with van der Waals surface area (Å²) in [6.45, 7) is 2.60. The van der Waals surface area contributed by atoms with Gasteiger partial charge in [0, 0.05) is 5.56 Å². The third kappa shape index (κ3) is 3.70. The van der Waals surface area contributed by atoms with Gasteiger partial charge in [0.1, 0.15) is 0 Å². The molecule has 2 rings (SSSR count). The highest BCUT2D eigenvalue weighted by molar-refractivity contribution is 9.12. The first-order valence-corrected chi connectivity index (χ1v) is 8.67. The van der Waals surface area contributed by atoms with Gasteiger partial charge in [0.05, 0.1) is 13.6 Å². The molecule has 0 saturated heterocycles. The second kappa shape index (κ2) is 7.26. The van der Waals surface area contributed by atoms with Crippen molar-refractivity contribution >= 4 is 43.2 Å². The van der Waals surface area contributed by atoms with E-state index in [1.165, 1.54) is 17.4 Å². The fraction of sp³-hybridized carbons (Fsp3) is 0.286. The van der Waals surface area contributed by atoms with Gasteiger partial charge in [-0.05, 0) is 62.5 Å². The fourth-order valence-electron chi connectivity index (χ4n) is 1.99. The quantitative estimate of drug-likeness (QED) is 0.578. The molecule has 7 heteroatoms. The van der Waals surface area contributed by atoms with Crippen molar-refractivity contribution in [3.05, 3.63) is 54.4 Å². The van der Waals surface area contributed by atoms with Crippen molar-refractivity contribution in [2.45, 2.75) is 19.4 Å². The highest BCUT2D eigenvalue weighted by atomic mass is 79.9. The molecule has 0 bridgehead atoms. The predicted octanol–water partition coefficient (Wildman–Crippen LogP) is 5.78. The molecule has 114 valence electrons. The topological polar surface area (TPSA) is 12.0 Å². The molecule has 0 fully saturated rings. The van der Waals surface area contributed by atoms with Crippen molar-refractivity contribution in [2.75, 3.05) is 6.54 Å². The van der Waals surface area contributed by atoms with E-state index < -0.39 is 23.5 Å². The Balaban J connectivity index is 2.50. The minimum absolute atomic E-state index is 0.0911. The zero-order chi connectivity index (χ0) is 15.6. The Morgan fingerprint density at radius 1 is 1.14 bits per heavy atom. The standard InChI is InChI=1S/C14H12Br2F3NS/c1-2-5-20-13(8-6-10(15)21-14(8)16)7-3-4-9(17)12(19)11(7)18/h3-4,6,13,20H,2,5H2,1H3. The van der Waals surface area contributed by atoms with Gasteiger partial charge in [-0.15, -0.1) is 11.3 Å². The van der Waals surface area contributed by atoms with Gasteiger partial charge >= 0.3 is 0 Å². The number of nitrogens with one attached hydrogen (secondary N) is 1. The van der Waals surface area contributed by atoms with Crippen LogP contribution in [-0.4, -0.2) is 6.54 Å². The van der Waals surface area contributed by atoms with Gasteiger partial charge in [-0.25, -0.2) is 13.2 Å². The molecule has 2 aromatic rings. The minimum atomic E-state index is -1.44. The van der Waals surface area contributed by atoms with E-state index in [1.54, 1.807) is 0 Å². The summed E-state index contributed by atoms with van der Waals surface area (Å²) in [6, 6.07) is 3.52. The van der Waals surface area contributed by atoms with Crippen molar-refractivity contribution in [2.24, 2.45) is 0 Å². The predicted molar refractivity (Wildman–Crippen MR) is 86.2 cm³/mol. The summed E-state index contributed by atoms with van der Waals surface area (Å²) in [4.78, 5) is 0. The second-order valence-corrected chi connectivity index (χ2v) is 8.18. The van der Waals surface area contributed by atoms with Crippen LogP contribution < -0.4 is 5.32 Å². The third-order valence-corrected chi connectivity index (χ3v) is 5.35. The zero-order valence-electron chi connectivity index (χ0n) is 11.0. The number of hydrogen-bond donors (Lipinski definition) is 1. The second-order valence-electron chi connectivity index (χ2n) is 4.43. The average molecular weight is 443 g/mol. The average Bonchev–Trinajstić information content (AvgIpc) is 2.77. The van der Waals surface area contributed by atoms with Crippen LogP contribution in [0.1, 0.15) is 30.5 Å². The molecule has 1 heterocycles. The summed E-state index contributed by atoms with van der Waals surface area (Å²) in [5.41, 5.74) is 0.874. The molecule has 0 aliphatic rings. The molecule has 1 aromatic carbocycles. The lowest BCUT2D eigenvalue weighted by molar-refractivity contribution is 0.432. The van der Waals surface area contributed by atoms with Crippen LogP contribution in [0.3, 0.4) is 0 Å². The van der Waals surface area contributed by atoms with E-state index in [1.807, 2.05) is 13.0 Å². The van der Waals surface area contributed by atoms with Gasteiger partial charge in [0.25, 0.3) is 0 Å². The molecular weight excluding hydrogens is 431 g/mol. The lowest BCUT2D eigenvalue weighted by Crippen LogP contribution is -2.24. The first-order valence-electron chi connectivity index (χ1n) is 6.27. The Bertz CT molecular complexity index is 645. The van der Waals surface area contributed by atoms with Gasteiger partial charge in [-0.1, -0.05) is 13.0 Å². The van der Waals surface area contributed by atoms with Crippen LogP contribution in [0.25, 0.3) is 0 Å². The normalized spacial score (nSPS) is 12.7. The van der Waals surface area contributed by atoms with Crippen LogP contribution >= 0.6 is 43.2 Å². The van der Waals surface area contributed by atoms with Crippen molar-refractivity contribution in [1.29, 1.82) is 0 Å². The Kier molecular flexibility index (Phi) is 5.88. The van der Waals surface area contributed by atoms with E-state index in [4.69, 9.17) is 0 Å². The molecule has 1 N–H and O–H groups in total. The van der Waals surface area contributed by atoms with Gasteiger partial charge in [0.2, 0.25) is 0 Å². The summed E-state index contributed by atoms with van der Waals surface area (Å²) in [6.07, 6.45) is 0.838. The Labute approximate surface area is 141 Å². The van der Waals surface area contributed by atoms with E-state index in [9.17, 15) is 13.2 Å². The van der Waals surface area contributed by atoms with E-state index in [2.05, 4.69) is 37.2 Å². The van der Waals surface area contributed by atoms with Crippen molar-refractivity contribution in [3.63, 3.8) is 0 Å². The van der Waals surface area contributed by atoms with Gasteiger partial charge in [-0.3, -0.25) is 0 Å². The molecule has 0 aliphatic carbocycles. The molecule has 0 amide bonds. The monoisotopic (exact) mass is 441 g/mol.